The highest BCUT2D eigenvalue weighted by molar-refractivity contribution is 7.90. The molecule has 4 rings (SSSR count). The van der Waals surface area contributed by atoms with Crippen molar-refractivity contribution in [3.05, 3.63) is 57.8 Å². The quantitative estimate of drug-likeness (QED) is 0.526. The summed E-state index contributed by atoms with van der Waals surface area (Å²) < 4.78 is 72.9. The Balaban J connectivity index is 1.25. The molecule has 0 saturated carbocycles. The van der Waals surface area contributed by atoms with Crippen LogP contribution in [0.4, 0.5) is 18.0 Å². The van der Waals surface area contributed by atoms with E-state index in [1.165, 1.54) is 4.90 Å². The third-order valence-corrected chi connectivity index (χ3v) is 8.50. The number of nitrogens with zero attached hydrogens (tertiary/aromatic N) is 2. The number of rotatable bonds is 5. The van der Waals surface area contributed by atoms with Crippen LogP contribution in [-0.4, -0.2) is 62.6 Å². The molecule has 0 spiro atoms. The lowest BCUT2D eigenvalue weighted by atomic mass is 9.99. The van der Waals surface area contributed by atoms with Gasteiger partial charge in [0, 0.05) is 50.4 Å². The van der Waals surface area contributed by atoms with Crippen molar-refractivity contribution in [1.82, 2.24) is 14.5 Å². The first-order chi connectivity index (χ1) is 17.0. The third kappa shape index (κ3) is 6.19. The molecule has 0 unspecified atom stereocenters. The first kappa shape index (κ1) is 26.8. The zero-order chi connectivity index (χ0) is 26.0. The Morgan fingerprint density at radius 2 is 1.53 bits per heavy atom. The lowest BCUT2D eigenvalue weighted by Crippen LogP contribution is -2.52. The maximum atomic E-state index is 13.9. The second kappa shape index (κ2) is 11.0. The van der Waals surface area contributed by atoms with Gasteiger partial charge in [0.15, 0.2) is 11.6 Å². The minimum absolute atomic E-state index is 0.0475. The topological polar surface area (TPSA) is 79.0 Å². The zero-order valence-electron chi connectivity index (χ0n) is 19.0. The average molecular weight is 566 g/mol. The number of hydrogen-bond acceptors (Lipinski definition) is 5. The molecule has 2 aliphatic rings. The standard InChI is InChI=1S/C23H24Cl2F3N3O4S/c24-17-2-1-16(11-18(17)25)35-15-5-9-30(10-6-15)14-3-7-31(8-4-14)23(32)29-36(33,34)22-13-20(27)19(26)12-21(22)28/h1-2,11-15H,3-10H2,(H,29,32). The number of ether oxygens (including phenoxy) is 1. The highest BCUT2D eigenvalue weighted by Gasteiger charge is 2.32. The minimum Gasteiger partial charge on any atom is -0.490 e. The van der Waals surface area contributed by atoms with Crippen molar-refractivity contribution < 1.29 is 31.1 Å². The van der Waals surface area contributed by atoms with E-state index in [1.54, 1.807) is 22.9 Å². The molecule has 0 aliphatic carbocycles. The summed E-state index contributed by atoms with van der Waals surface area (Å²) in [4.78, 5) is 15.0. The van der Waals surface area contributed by atoms with Gasteiger partial charge in [-0.1, -0.05) is 23.2 Å². The Bertz CT molecular complexity index is 1240. The monoisotopic (exact) mass is 565 g/mol. The van der Waals surface area contributed by atoms with Gasteiger partial charge in [-0.25, -0.2) is 31.1 Å². The molecule has 2 saturated heterocycles. The number of likely N-dealkylation sites (tertiary alicyclic amines) is 2. The molecule has 2 aromatic rings. The van der Waals surface area contributed by atoms with E-state index < -0.39 is 38.4 Å². The molecular weight excluding hydrogens is 542 g/mol. The van der Waals surface area contributed by atoms with Gasteiger partial charge >= 0.3 is 6.03 Å². The summed E-state index contributed by atoms with van der Waals surface area (Å²) in [6, 6.07) is 4.78. The fourth-order valence-electron chi connectivity index (χ4n) is 4.48. The fourth-order valence-corrected chi connectivity index (χ4v) is 5.81. The van der Waals surface area contributed by atoms with Gasteiger partial charge in [0.05, 0.1) is 10.0 Å². The van der Waals surface area contributed by atoms with Crippen LogP contribution in [-0.2, 0) is 10.0 Å². The van der Waals surface area contributed by atoms with Crippen LogP contribution in [0.25, 0.3) is 0 Å². The van der Waals surface area contributed by atoms with Gasteiger partial charge in [-0.3, -0.25) is 4.90 Å². The summed E-state index contributed by atoms with van der Waals surface area (Å²) >= 11 is 12.0. The summed E-state index contributed by atoms with van der Waals surface area (Å²) in [5.41, 5.74) is 0. The number of halogens is 5. The molecule has 2 aromatic carbocycles. The van der Waals surface area contributed by atoms with Crippen molar-refractivity contribution >= 4 is 39.3 Å². The lowest BCUT2D eigenvalue weighted by Gasteiger charge is -2.41. The molecule has 0 bridgehead atoms. The maximum Gasteiger partial charge on any atom is 0.331 e. The lowest BCUT2D eigenvalue weighted by molar-refractivity contribution is 0.0540. The van der Waals surface area contributed by atoms with E-state index in [2.05, 4.69) is 4.90 Å². The number of sulfonamides is 1. The smallest absolute Gasteiger partial charge is 0.331 e. The van der Waals surface area contributed by atoms with Crippen LogP contribution in [0.2, 0.25) is 10.0 Å². The van der Waals surface area contributed by atoms with Crippen molar-refractivity contribution in [3.8, 4) is 5.75 Å². The van der Waals surface area contributed by atoms with Gasteiger partial charge in [-0.2, -0.15) is 0 Å². The van der Waals surface area contributed by atoms with Crippen molar-refractivity contribution in [1.29, 1.82) is 0 Å². The number of carbonyl (C=O) groups is 1. The summed E-state index contributed by atoms with van der Waals surface area (Å²) in [6.07, 6.45) is 2.94. The average Bonchev–Trinajstić information content (AvgIpc) is 2.84. The second-order valence-corrected chi connectivity index (χ2v) is 11.2. The predicted molar refractivity (Wildman–Crippen MR) is 128 cm³/mol. The molecule has 2 aliphatic heterocycles. The first-order valence-electron chi connectivity index (χ1n) is 11.4. The zero-order valence-corrected chi connectivity index (χ0v) is 21.4. The fraction of sp³-hybridized carbons (Fsp3) is 0.435. The molecule has 2 amide bonds. The van der Waals surface area contributed by atoms with Gasteiger partial charge in [-0.15, -0.1) is 0 Å². The predicted octanol–water partition coefficient (Wildman–Crippen LogP) is 4.82. The van der Waals surface area contributed by atoms with Crippen molar-refractivity contribution in [2.45, 2.75) is 42.7 Å². The van der Waals surface area contributed by atoms with E-state index in [1.807, 2.05) is 0 Å². The Kier molecular flexibility index (Phi) is 8.23. The number of benzene rings is 2. The van der Waals surface area contributed by atoms with Gasteiger partial charge in [0.2, 0.25) is 0 Å². The van der Waals surface area contributed by atoms with Gasteiger partial charge in [-0.05, 0) is 37.8 Å². The van der Waals surface area contributed by atoms with Crippen LogP contribution in [0.1, 0.15) is 25.7 Å². The van der Waals surface area contributed by atoms with Crippen LogP contribution in [0, 0.1) is 17.5 Å². The third-order valence-electron chi connectivity index (χ3n) is 6.42. The highest BCUT2D eigenvalue weighted by Crippen LogP contribution is 2.29. The molecule has 196 valence electrons. The van der Waals surface area contributed by atoms with E-state index in [-0.39, 0.29) is 24.3 Å². The number of nitrogens with one attached hydrogen (secondary N) is 1. The molecule has 7 nitrogen and oxygen atoms in total. The number of hydrogen-bond donors (Lipinski definition) is 1. The summed E-state index contributed by atoms with van der Waals surface area (Å²) in [5.74, 6) is -3.87. The normalized spacial score (nSPS) is 18.3. The van der Waals surface area contributed by atoms with E-state index in [0.717, 1.165) is 25.9 Å². The van der Waals surface area contributed by atoms with Gasteiger partial charge in [0.1, 0.15) is 22.6 Å². The number of urea groups is 1. The van der Waals surface area contributed by atoms with Gasteiger partial charge < -0.3 is 9.64 Å². The maximum absolute atomic E-state index is 13.9. The summed E-state index contributed by atoms with van der Waals surface area (Å²) in [5, 5.41) is 0.901. The first-order valence-corrected chi connectivity index (χ1v) is 13.6. The molecule has 1 N–H and O–H groups in total. The summed E-state index contributed by atoms with van der Waals surface area (Å²) in [7, 11) is -4.71. The van der Waals surface area contributed by atoms with Crippen LogP contribution >= 0.6 is 23.2 Å². The van der Waals surface area contributed by atoms with E-state index in [0.29, 0.717) is 41.7 Å². The van der Waals surface area contributed by atoms with Crippen molar-refractivity contribution in [3.63, 3.8) is 0 Å². The van der Waals surface area contributed by atoms with Crippen molar-refractivity contribution in [2.75, 3.05) is 26.2 Å². The Morgan fingerprint density at radius 1 is 0.889 bits per heavy atom. The van der Waals surface area contributed by atoms with E-state index >= 15 is 0 Å². The molecular formula is C23H24Cl2F3N3O4S. The molecule has 2 fully saturated rings. The molecule has 0 radical (unpaired) electrons. The van der Waals surface area contributed by atoms with E-state index in [4.69, 9.17) is 27.9 Å². The minimum atomic E-state index is -4.71. The van der Waals surface area contributed by atoms with Crippen LogP contribution in [0.5, 0.6) is 5.75 Å². The van der Waals surface area contributed by atoms with E-state index in [9.17, 15) is 26.4 Å². The molecule has 0 atom stereocenters. The largest absolute Gasteiger partial charge is 0.490 e. The summed E-state index contributed by atoms with van der Waals surface area (Å²) in [6.45, 7) is 2.22. The van der Waals surface area contributed by atoms with Crippen molar-refractivity contribution in [2.24, 2.45) is 0 Å². The van der Waals surface area contributed by atoms with Crippen LogP contribution in [0.3, 0.4) is 0 Å². The van der Waals surface area contributed by atoms with Gasteiger partial charge in [0.25, 0.3) is 10.0 Å². The van der Waals surface area contributed by atoms with Crippen LogP contribution < -0.4 is 9.46 Å². The number of piperidine rings is 2. The molecule has 36 heavy (non-hydrogen) atoms. The SMILES string of the molecule is O=C(NS(=O)(=O)c1cc(F)c(F)cc1F)N1CCC(N2CCC(Oc3ccc(Cl)c(Cl)c3)CC2)CC1. The molecule has 0 aromatic heterocycles. The Labute approximate surface area is 217 Å². The number of amides is 2. The van der Waals surface area contributed by atoms with Crippen LogP contribution in [0.15, 0.2) is 35.2 Å². The molecule has 2 heterocycles. The number of carbonyl (C=O) groups excluding carboxylic acids is 1. The second-order valence-electron chi connectivity index (χ2n) is 8.75. The molecule has 13 heteroatoms. The highest BCUT2D eigenvalue weighted by atomic mass is 35.5. The Morgan fingerprint density at radius 3 is 2.17 bits per heavy atom. The Hall–Kier alpha value is -2.21.